The van der Waals surface area contributed by atoms with E-state index in [0.29, 0.717) is 29.5 Å². The molecule has 7 nitrogen and oxygen atoms in total. The first-order valence-electron chi connectivity index (χ1n) is 9.57. The Morgan fingerprint density at radius 3 is 2.29 bits per heavy atom. The molecule has 4 aliphatic carbocycles. The summed E-state index contributed by atoms with van der Waals surface area (Å²) in [6, 6.07) is 5.98. The molecule has 0 aliphatic heterocycles. The number of rotatable bonds is 6. The zero-order valence-electron chi connectivity index (χ0n) is 15.8. The maximum atomic E-state index is 12.8. The van der Waals surface area contributed by atoms with Gasteiger partial charge in [-0.15, -0.1) is 0 Å². The quantitative estimate of drug-likeness (QED) is 0.552. The van der Waals surface area contributed by atoms with Gasteiger partial charge in [0.15, 0.2) is 12.4 Å². The molecule has 1 aromatic carbocycles. The summed E-state index contributed by atoms with van der Waals surface area (Å²) in [5.74, 6) is 0.0141. The molecule has 28 heavy (non-hydrogen) atoms. The van der Waals surface area contributed by atoms with E-state index in [1.54, 1.807) is 0 Å². The predicted molar refractivity (Wildman–Crippen MR) is 102 cm³/mol. The molecule has 0 amide bonds. The van der Waals surface area contributed by atoms with Gasteiger partial charge in [0.05, 0.1) is 17.3 Å². The highest BCUT2D eigenvalue weighted by Gasteiger charge is 2.60. The van der Waals surface area contributed by atoms with Crippen molar-refractivity contribution in [1.82, 2.24) is 0 Å². The number of carbonyl (C=O) groups excluding carboxylic acids is 2. The van der Waals surface area contributed by atoms with Gasteiger partial charge < -0.3 is 9.84 Å². The number of esters is 1. The van der Waals surface area contributed by atoms with Crippen LogP contribution in [0.1, 0.15) is 48.9 Å². The van der Waals surface area contributed by atoms with E-state index in [1.807, 2.05) is 0 Å². The van der Waals surface area contributed by atoms with Crippen LogP contribution < -0.4 is 4.72 Å². The largest absolute Gasteiger partial charge is 0.457 e. The molecular formula is C20H25NO6S. The summed E-state index contributed by atoms with van der Waals surface area (Å²) in [7, 11) is -3.38. The average Bonchev–Trinajstić information content (AvgIpc) is 2.56. The molecule has 5 rings (SSSR count). The van der Waals surface area contributed by atoms with Gasteiger partial charge in [0.1, 0.15) is 0 Å². The van der Waals surface area contributed by atoms with Crippen LogP contribution in [0.2, 0.25) is 0 Å². The van der Waals surface area contributed by atoms with Gasteiger partial charge >= 0.3 is 5.97 Å². The second kappa shape index (κ2) is 6.56. The van der Waals surface area contributed by atoms with E-state index >= 15 is 0 Å². The molecule has 1 aromatic rings. The Kier molecular flexibility index (Phi) is 4.54. The molecule has 0 radical (unpaired) electrons. The Balaban J connectivity index is 1.38. The Hall–Kier alpha value is -1.93. The second-order valence-electron chi connectivity index (χ2n) is 8.92. The number of Topliss-reactive ketones (excluding diaryl/α,β-unsaturated/α-hetero) is 1. The second-order valence-corrected chi connectivity index (χ2v) is 10.7. The van der Waals surface area contributed by atoms with Gasteiger partial charge in [-0.1, -0.05) is 0 Å². The van der Waals surface area contributed by atoms with Gasteiger partial charge in [0.2, 0.25) is 10.0 Å². The summed E-state index contributed by atoms with van der Waals surface area (Å²) >= 11 is 0. The molecule has 2 N–H and O–H groups in total. The third kappa shape index (κ3) is 3.80. The van der Waals surface area contributed by atoms with E-state index < -0.39 is 21.0 Å². The van der Waals surface area contributed by atoms with Crippen LogP contribution in [0.4, 0.5) is 5.69 Å². The van der Waals surface area contributed by atoms with Crippen LogP contribution in [0.5, 0.6) is 0 Å². The molecule has 152 valence electrons. The van der Waals surface area contributed by atoms with Gasteiger partial charge in [-0.3, -0.25) is 14.3 Å². The van der Waals surface area contributed by atoms with Gasteiger partial charge in [-0.2, -0.15) is 0 Å². The predicted octanol–water partition coefficient (Wildman–Crippen LogP) is 2.12. The van der Waals surface area contributed by atoms with E-state index in [2.05, 4.69) is 4.72 Å². The highest BCUT2D eigenvalue weighted by Crippen LogP contribution is 2.61. The Bertz CT molecular complexity index is 893. The monoisotopic (exact) mass is 407 g/mol. The number of hydrogen-bond acceptors (Lipinski definition) is 6. The van der Waals surface area contributed by atoms with Crippen LogP contribution in [0, 0.1) is 17.3 Å². The molecule has 0 heterocycles. The summed E-state index contributed by atoms with van der Waals surface area (Å²) in [6.07, 6.45) is 5.58. The fraction of sp³-hybridized carbons (Fsp3) is 0.600. The maximum absolute atomic E-state index is 12.8. The van der Waals surface area contributed by atoms with Crippen molar-refractivity contribution >= 4 is 27.5 Å². The first-order chi connectivity index (χ1) is 13.1. The van der Waals surface area contributed by atoms with Gasteiger partial charge in [-0.25, -0.2) is 8.42 Å². The van der Waals surface area contributed by atoms with Crippen molar-refractivity contribution < 1.29 is 27.9 Å². The molecule has 4 bridgehead atoms. The molecule has 4 atom stereocenters. The summed E-state index contributed by atoms with van der Waals surface area (Å²) in [4.78, 5) is 25.2. The van der Waals surface area contributed by atoms with Crippen molar-refractivity contribution in [3.63, 3.8) is 0 Å². The standard InChI is InChI=1S/C20H25NO6S/c1-28(25,26)21-16-4-2-15(3-5-16)17(22)11-27-18(23)19-7-13-6-14(8-19)10-20(24,9-13)12-19/h2-5,13-14,21,24H,6-12H2,1H3/t13-,14+,19?,20?. The minimum Gasteiger partial charge on any atom is -0.457 e. The molecule has 0 aromatic heterocycles. The minimum atomic E-state index is -3.38. The van der Waals surface area contributed by atoms with Crippen molar-refractivity contribution in [1.29, 1.82) is 0 Å². The molecule has 0 saturated heterocycles. The summed E-state index contributed by atoms with van der Waals surface area (Å²) < 4.78 is 30.2. The fourth-order valence-electron chi connectivity index (χ4n) is 5.76. The summed E-state index contributed by atoms with van der Waals surface area (Å²) in [5, 5.41) is 10.8. The molecule has 0 spiro atoms. The highest BCUT2D eigenvalue weighted by molar-refractivity contribution is 7.92. The SMILES string of the molecule is CS(=O)(=O)Nc1ccc(C(=O)COC(=O)C23C[C@@H]4C[C@@H](CC(O)(C4)C2)C3)cc1. The van der Waals surface area contributed by atoms with Crippen molar-refractivity contribution in [2.75, 3.05) is 17.6 Å². The van der Waals surface area contributed by atoms with E-state index in [9.17, 15) is 23.1 Å². The highest BCUT2D eigenvalue weighted by atomic mass is 32.2. The van der Waals surface area contributed by atoms with E-state index in [-0.39, 0.29) is 18.4 Å². The van der Waals surface area contributed by atoms with Crippen LogP contribution in [-0.2, 0) is 19.6 Å². The number of anilines is 1. The van der Waals surface area contributed by atoms with Gasteiger partial charge in [0, 0.05) is 11.3 Å². The lowest BCUT2D eigenvalue weighted by molar-refractivity contribution is -0.195. The lowest BCUT2D eigenvalue weighted by Gasteiger charge is -2.58. The van der Waals surface area contributed by atoms with Crippen molar-refractivity contribution in [3.8, 4) is 0 Å². The van der Waals surface area contributed by atoms with E-state index in [0.717, 1.165) is 38.4 Å². The molecule has 4 aliphatic rings. The third-order valence-electron chi connectivity index (χ3n) is 6.31. The van der Waals surface area contributed by atoms with Crippen LogP contribution in [-0.4, -0.2) is 43.7 Å². The lowest BCUT2D eigenvalue weighted by atomic mass is 9.48. The molecule has 2 unspecified atom stereocenters. The molecule has 4 saturated carbocycles. The number of hydrogen-bond donors (Lipinski definition) is 2. The fourth-order valence-corrected chi connectivity index (χ4v) is 6.32. The number of ketones is 1. The smallest absolute Gasteiger partial charge is 0.312 e. The normalized spacial score (nSPS) is 33.5. The average molecular weight is 407 g/mol. The van der Waals surface area contributed by atoms with Crippen molar-refractivity contribution in [3.05, 3.63) is 29.8 Å². The maximum Gasteiger partial charge on any atom is 0.312 e. The third-order valence-corrected chi connectivity index (χ3v) is 6.91. The lowest BCUT2D eigenvalue weighted by Crippen LogP contribution is -2.58. The first-order valence-corrected chi connectivity index (χ1v) is 11.5. The van der Waals surface area contributed by atoms with Crippen molar-refractivity contribution in [2.45, 2.75) is 44.1 Å². The van der Waals surface area contributed by atoms with Gasteiger partial charge in [0.25, 0.3) is 0 Å². The van der Waals surface area contributed by atoms with Crippen LogP contribution in [0.3, 0.4) is 0 Å². The summed E-state index contributed by atoms with van der Waals surface area (Å²) in [6.45, 7) is -0.354. The van der Waals surface area contributed by atoms with Crippen LogP contribution in [0.25, 0.3) is 0 Å². The van der Waals surface area contributed by atoms with Crippen LogP contribution >= 0.6 is 0 Å². The zero-order chi connectivity index (χ0) is 20.2. The number of carbonyl (C=O) groups is 2. The van der Waals surface area contributed by atoms with Crippen molar-refractivity contribution in [2.24, 2.45) is 17.3 Å². The van der Waals surface area contributed by atoms with E-state index in [4.69, 9.17) is 4.74 Å². The number of ether oxygens (including phenoxy) is 1. The number of benzene rings is 1. The molecule has 4 fully saturated rings. The first kappa shape index (κ1) is 19.4. The molecular weight excluding hydrogens is 382 g/mol. The molecule has 8 heteroatoms. The number of aliphatic hydroxyl groups is 1. The van der Waals surface area contributed by atoms with Gasteiger partial charge in [-0.05, 0) is 74.6 Å². The number of nitrogens with one attached hydrogen (secondary N) is 1. The Morgan fingerprint density at radius 2 is 1.75 bits per heavy atom. The van der Waals surface area contributed by atoms with Crippen LogP contribution in [0.15, 0.2) is 24.3 Å². The Morgan fingerprint density at radius 1 is 1.14 bits per heavy atom. The number of sulfonamides is 1. The van der Waals surface area contributed by atoms with E-state index in [1.165, 1.54) is 24.3 Å². The minimum absolute atomic E-state index is 0.344. The summed E-state index contributed by atoms with van der Waals surface area (Å²) in [5.41, 5.74) is -0.702. The Labute approximate surface area is 164 Å². The zero-order valence-corrected chi connectivity index (χ0v) is 16.6. The topological polar surface area (TPSA) is 110 Å².